The Labute approximate surface area is 120 Å². The summed E-state index contributed by atoms with van der Waals surface area (Å²) in [5, 5.41) is 0.716. The topological polar surface area (TPSA) is 56.5 Å². The lowest BCUT2D eigenvalue weighted by molar-refractivity contribution is -0.131. The first-order chi connectivity index (χ1) is 10.1. The molecular formula is C17H12O4. The van der Waals surface area contributed by atoms with Gasteiger partial charge in [-0.3, -0.25) is 9.59 Å². The molecule has 2 aromatic carbocycles. The molecule has 0 aliphatic carbocycles. The van der Waals surface area contributed by atoms with Crippen LogP contribution in [0.25, 0.3) is 11.0 Å². The minimum Gasteiger partial charge on any atom is -0.464 e. The minimum atomic E-state index is -0.434. The first-order valence-corrected chi connectivity index (χ1v) is 6.44. The second-order valence-corrected chi connectivity index (χ2v) is 4.60. The SMILES string of the molecule is CC(=O)Oc1cc(C(=O)c2ccccc2)c2occc2c1. The third-order valence-electron chi connectivity index (χ3n) is 3.07. The van der Waals surface area contributed by atoms with E-state index in [2.05, 4.69) is 0 Å². The van der Waals surface area contributed by atoms with Crippen molar-refractivity contribution in [1.29, 1.82) is 0 Å². The molecule has 0 saturated heterocycles. The third-order valence-corrected chi connectivity index (χ3v) is 3.07. The molecule has 4 nitrogen and oxygen atoms in total. The number of benzene rings is 2. The molecule has 0 fully saturated rings. The van der Waals surface area contributed by atoms with E-state index in [-0.39, 0.29) is 5.78 Å². The maximum absolute atomic E-state index is 12.6. The molecule has 0 amide bonds. The zero-order valence-electron chi connectivity index (χ0n) is 11.3. The quantitative estimate of drug-likeness (QED) is 0.418. The number of ether oxygens (including phenoxy) is 1. The zero-order valence-corrected chi connectivity index (χ0v) is 11.3. The Hall–Kier alpha value is -2.88. The van der Waals surface area contributed by atoms with Crippen LogP contribution in [-0.4, -0.2) is 11.8 Å². The van der Waals surface area contributed by atoms with Gasteiger partial charge in [0.15, 0.2) is 5.78 Å². The Morgan fingerprint density at radius 2 is 1.81 bits per heavy atom. The van der Waals surface area contributed by atoms with Crippen molar-refractivity contribution in [3.8, 4) is 5.75 Å². The molecular weight excluding hydrogens is 268 g/mol. The van der Waals surface area contributed by atoms with Crippen molar-refractivity contribution in [2.24, 2.45) is 0 Å². The van der Waals surface area contributed by atoms with Crippen LogP contribution in [0.2, 0.25) is 0 Å². The Bertz CT molecular complexity index is 815. The number of hydrogen-bond donors (Lipinski definition) is 0. The van der Waals surface area contributed by atoms with Gasteiger partial charge in [0.25, 0.3) is 0 Å². The van der Waals surface area contributed by atoms with E-state index >= 15 is 0 Å². The maximum atomic E-state index is 12.6. The molecule has 1 heterocycles. The van der Waals surface area contributed by atoms with Crippen LogP contribution in [0.4, 0.5) is 0 Å². The lowest BCUT2D eigenvalue weighted by Gasteiger charge is -2.06. The van der Waals surface area contributed by atoms with Crippen LogP contribution in [-0.2, 0) is 4.79 Å². The summed E-state index contributed by atoms with van der Waals surface area (Å²) in [6.07, 6.45) is 1.50. The van der Waals surface area contributed by atoms with Gasteiger partial charge in [-0.25, -0.2) is 0 Å². The van der Waals surface area contributed by atoms with Crippen molar-refractivity contribution in [3.05, 3.63) is 65.9 Å². The highest BCUT2D eigenvalue weighted by Crippen LogP contribution is 2.28. The van der Waals surface area contributed by atoms with Gasteiger partial charge in [-0.2, -0.15) is 0 Å². The number of carbonyl (C=O) groups is 2. The number of hydrogen-bond acceptors (Lipinski definition) is 4. The average Bonchev–Trinajstić information content (AvgIpc) is 2.94. The second-order valence-electron chi connectivity index (χ2n) is 4.60. The Morgan fingerprint density at radius 3 is 2.52 bits per heavy atom. The Morgan fingerprint density at radius 1 is 1.05 bits per heavy atom. The van der Waals surface area contributed by atoms with E-state index in [1.54, 1.807) is 36.4 Å². The van der Waals surface area contributed by atoms with Gasteiger partial charge < -0.3 is 9.15 Å². The minimum absolute atomic E-state index is 0.176. The molecule has 1 aromatic heterocycles. The molecule has 4 heteroatoms. The van der Waals surface area contributed by atoms with E-state index < -0.39 is 5.97 Å². The van der Waals surface area contributed by atoms with E-state index in [0.717, 1.165) is 0 Å². The fraction of sp³-hybridized carbons (Fsp3) is 0.0588. The summed E-state index contributed by atoms with van der Waals surface area (Å²) in [6.45, 7) is 1.32. The van der Waals surface area contributed by atoms with Gasteiger partial charge >= 0.3 is 5.97 Å². The fourth-order valence-electron chi connectivity index (χ4n) is 2.19. The van der Waals surface area contributed by atoms with Crippen LogP contribution in [0.5, 0.6) is 5.75 Å². The Kier molecular flexibility index (Phi) is 3.28. The molecule has 3 rings (SSSR count). The standard InChI is InChI=1S/C17H12O4/c1-11(18)21-14-9-13-7-8-20-17(13)15(10-14)16(19)12-5-3-2-4-6-12/h2-10H,1H3. The highest BCUT2D eigenvalue weighted by atomic mass is 16.5. The first-order valence-electron chi connectivity index (χ1n) is 6.44. The molecule has 0 unspecified atom stereocenters. The molecule has 0 atom stereocenters. The van der Waals surface area contributed by atoms with Crippen LogP contribution >= 0.6 is 0 Å². The summed E-state index contributed by atoms with van der Waals surface area (Å²) in [5.74, 6) is -0.281. The Balaban J connectivity index is 2.14. The molecule has 0 aliphatic rings. The van der Waals surface area contributed by atoms with E-state index in [0.29, 0.717) is 27.8 Å². The molecule has 0 N–H and O–H groups in total. The lowest BCUT2D eigenvalue weighted by atomic mass is 10.0. The van der Waals surface area contributed by atoms with Crippen molar-refractivity contribution in [1.82, 2.24) is 0 Å². The number of fused-ring (bicyclic) bond motifs is 1. The van der Waals surface area contributed by atoms with Crippen molar-refractivity contribution in [2.75, 3.05) is 0 Å². The molecule has 0 saturated carbocycles. The number of furan rings is 1. The monoisotopic (exact) mass is 280 g/mol. The molecule has 0 radical (unpaired) electrons. The molecule has 0 bridgehead atoms. The van der Waals surface area contributed by atoms with E-state index in [1.165, 1.54) is 19.3 Å². The highest BCUT2D eigenvalue weighted by Gasteiger charge is 2.17. The highest BCUT2D eigenvalue weighted by molar-refractivity contribution is 6.15. The molecule has 3 aromatic rings. The van der Waals surface area contributed by atoms with Gasteiger partial charge in [-0.15, -0.1) is 0 Å². The van der Waals surface area contributed by atoms with Crippen LogP contribution < -0.4 is 4.74 Å². The molecule has 104 valence electrons. The smallest absolute Gasteiger partial charge is 0.308 e. The number of ketones is 1. The van der Waals surface area contributed by atoms with Crippen LogP contribution in [0.15, 0.2) is 59.2 Å². The van der Waals surface area contributed by atoms with Gasteiger partial charge in [0, 0.05) is 17.9 Å². The predicted octanol–water partition coefficient (Wildman–Crippen LogP) is 3.59. The summed E-state index contributed by atoms with van der Waals surface area (Å²) < 4.78 is 10.5. The van der Waals surface area contributed by atoms with Crippen molar-refractivity contribution < 1.29 is 18.7 Å². The van der Waals surface area contributed by atoms with Crippen LogP contribution in [0.3, 0.4) is 0 Å². The molecule has 0 aliphatic heterocycles. The molecule has 0 spiro atoms. The fourth-order valence-corrected chi connectivity index (χ4v) is 2.19. The summed E-state index contributed by atoms with van der Waals surface area (Å²) in [7, 11) is 0. The summed E-state index contributed by atoms with van der Waals surface area (Å²) in [4.78, 5) is 23.7. The largest absolute Gasteiger partial charge is 0.464 e. The van der Waals surface area contributed by atoms with Crippen LogP contribution in [0.1, 0.15) is 22.8 Å². The van der Waals surface area contributed by atoms with E-state index in [9.17, 15) is 9.59 Å². The van der Waals surface area contributed by atoms with Crippen LogP contribution in [0, 0.1) is 0 Å². The van der Waals surface area contributed by atoms with Gasteiger partial charge in [0.2, 0.25) is 0 Å². The summed E-state index contributed by atoms with van der Waals surface area (Å²) in [5.41, 5.74) is 1.41. The van der Waals surface area contributed by atoms with Gasteiger partial charge in [0.05, 0.1) is 11.8 Å². The number of carbonyl (C=O) groups excluding carboxylic acids is 2. The second kappa shape index (κ2) is 5.25. The molecule has 21 heavy (non-hydrogen) atoms. The van der Waals surface area contributed by atoms with Crippen molar-refractivity contribution in [3.63, 3.8) is 0 Å². The van der Waals surface area contributed by atoms with Gasteiger partial charge in [-0.1, -0.05) is 30.3 Å². The predicted molar refractivity (Wildman–Crippen MR) is 77.4 cm³/mol. The summed E-state index contributed by atoms with van der Waals surface area (Å²) >= 11 is 0. The normalized spacial score (nSPS) is 10.5. The van der Waals surface area contributed by atoms with Crippen molar-refractivity contribution >= 4 is 22.7 Å². The zero-order chi connectivity index (χ0) is 14.8. The summed E-state index contributed by atoms with van der Waals surface area (Å²) in [6, 6.07) is 13.8. The van der Waals surface area contributed by atoms with E-state index in [1.807, 2.05) is 6.07 Å². The maximum Gasteiger partial charge on any atom is 0.308 e. The van der Waals surface area contributed by atoms with Gasteiger partial charge in [0.1, 0.15) is 11.3 Å². The average molecular weight is 280 g/mol. The van der Waals surface area contributed by atoms with Gasteiger partial charge in [-0.05, 0) is 18.2 Å². The number of rotatable bonds is 3. The van der Waals surface area contributed by atoms with E-state index in [4.69, 9.17) is 9.15 Å². The lowest BCUT2D eigenvalue weighted by Crippen LogP contribution is -2.05. The third kappa shape index (κ3) is 2.56. The number of esters is 1. The first kappa shape index (κ1) is 13.1. The van der Waals surface area contributed by atoms with Crippen molar-refractivity contribution in [2.45, 2.75) is 6.92 Å².